The van der Waals surface area contributed by atoms with Crippen molar-refractivity contribution >= 4 is 7.60 Å². The van der Waals surface area contributed by atoms with E-state index in [1.54, 1.807) is 55.5 Å². The average molecular weight is 260 g/mol. The molecule has 1 atom stereocenters. The molecule has 0 aliphatic carbocycles. The van der Waals surface area contributed by atoms with Crippen LogP contribution in [0, 0.1) is 6.92 Å². The molecule has 4 heteroatoms. The molecule has 2 aromatic carbocycles. The summed E-state index contributed by atoms with van der Waals surface area (Å²) >= 11 is 0. The predicted octanol–water partition coefficient (Wildman–Crippen LogP) is 2.00. The van der Waals surface area contributed by atoms with Crippen molar-refractivity contribution in [3.63, 3.8) is 0 Å². The van der Waals surface area contributed by atoms with Gasteiger partial charge in [0.15, 0.2) is 0 Å². The molecular weight excluding hydrogens is 247 g/mol. The van der Waals surface area contributed by atoms with Gasteiger partial charge in [-0.1, -0.05) is 62.2 Å². The van der Waals surface area contributed by atoms with Gasteiger partial charge in [0, 0.05) is 5.66 Å². The first-order valence-corrected chi connectivity index (χ1v) is 7.23. The largest absolute Gasteiger partial charge is 0.810 e. The van der Waals surface area contributed by atoms with Crippen LogP contribution in [0.1, 0.15) is 22.3 Å². The van der Waals surface area contributed by atoms with Crippen molar-refractivity contribution in [2.45, 2.75) is 12.6 Å². The van der Waals surface area contributed by atoms with Crippen LogP contribution in [-0.2, 0) is 4.57 Å². The molecule has 0 aromatic heterocycles. The number of rotatable bonds is 3. The molecule has 94 valence electrons. The van der Waals surface area contributed by atoms with E-state index >= 15 is 0 Å². The minimum atomic E-state index is -4.75. The van der Waals surface area contributed by atoms with Gasteiger partial charge >= 0.3 is 0 Å². The second-order valence-electron chi connectivity index (χ2n) is 4.21. The molecule has 0 aliphatic heterocycles. The maximum atomic E-state index is 11.6. The summed E-state index contributed by atoms with van der Waals surface area (Å²) in [6.07, 6.45) is 0. The van der Waals surface area contributed by atoms with Gasteiger partial charge in [-0.3, -0.25) is 0 Å². The highest BCUT2D eigenvalue weighted by Crippen LogP contribution is 2.49. The highest BCUT2D eigenvalue weighted by atomic mass is 31.2. The first-order chi connectivity index (χ1) is 8.50. The van der Waals surface area contributed by atoms with Crippen LogP contribution in [0.5, 0.6) is 0 Å². The zero-order chi connectivity index (χ0) is 13.2. The van der Waals surface area contributed by atoms with E-state index in [9.17, 15) is 14.4 Å². The zero-order valence-corrected chi connectivity index (χ0v) is 10.8. The fourth-order valence-electron chi connectivity index (χ4n) is 2.06. The van der Waals surface area contributed by atoms with E-state index < -0.39 is 13.3 Å². The third kappa shape index (κ3) is 2.70. The molecule has 0 N–H and O–H groups in total. The number of benzene rings is 2. The van der Waals surface area contributed by atoms with Crippen molar-refractivity contribution in [2.24, 2.45) is 0 Å². The second kappa shape index (κ2) is 5.07. The van der Waals surface area contributed by atoms with Gasteiger partial charge in [0.25, 0.3) is 0 Å². The molecule has 0 fully saturated rings. The van der Waals surface area contributed by atoms with Gasteiger partial charge in [0.05, 0.1) is 0 Å². The highest BCUT2D eigenvalue weighted by molar-refractivity contribution is 7.49. The molecule has 3 nitrogen and oxygen atoms in total. The van der Waals surface area contributed by atoms with E-state index in [1.807, 2.05) is 6.07 Å². The van der Waals surface area contributed by atoms with Crippen molar-refractivity contribution in [3.05, 3.63) is 71.3 Å². The number of hydrogen-bond acceptors (Lipinski definition) is 3. The van der Waals surface area contributed by atoms with Crippen LogP contribution in [0.25, 0.3) is 0 Å². The van der Waals surface area contributed by atoms with Crippen LogP contribution in [0.2, 0.25) is 0 Å². The summed E-state index contributed by atoms with van der Waals surface area (Å²) < 4.78 is 11.6. The van der Waals surface area contributed by atoms with Crippen LogP contribution in [-0.4, -0.2) is 0 Å². The Morgan fingerprint density at radius 1 is 0.944 bits per heavy atom. The first-order valence-electron chi connectivity index (χ1n) is 5.62. The summed E-state index contributed by atoms with van der Waals surface area (Å²) in [5.74, 6) is 0. The maximum absolute atomic E-state index is 11.6. The van der Waals surface area contributed by atoms with Crippen LogP contribution in [0.15, 0.2) is 54.6 Å². The minimum absolute atomic E-state index is 0.514. The molecular formula is C14H13O3P-2. The molecule has 0 heterocycles. The number of hydrogen-bond donors (Lipinski definition) is 0. The number of aryl methyl sites for hydroxylation is 1. The Morgan fingerprint density at radius 3 is 2.06 bits per heavy atom. The highest BCUT2D eigenvalue weighted by Gasteiger charge is 2.19. The van der Waals surface area contributed by atoms with E-state index in [-0.39, 0.29) is 0 Å². The lowest BCUT2D eigenvalue weighted by atomic mass is 10.0. The van der Waals surface area contributed by atoms with Crippen LogP contribution in [0.3, 0.4) is 0 Å². The van der Waals surface area contributed by atoms with Crippen molar-refractivity contribution in [1.82, 2.24) is 0 Å². The predicted molar refractivity (Wildman–Crippen MR) is 67.1 cm³/mol. The normalized spacial score (nSPS) is 13.3. The van der Waals surface area contributed by atoms with Crippen LogP contribution >= 0.6 is 7.60 Å². The van der Waals surface area contributed by atoms with Gasteiger partial charge in [-0.2, -0.15) is 0 Å². The van der Waals surface area contributed by atoms with Crippen LogP contribution in [0.4, 0.5) is 0 Å². The lowest BCUT2D eigenvalue weighted by molar-refractivity contribution is -0.316. The molecule has 18 heavy (non-hydrogen) atoms. The molecule has 0 bridgehead atoms. The molecule has 0 saturated heterocycles. The maximum Gasteiger partial charge on any atom is 0.0369 e. The standard InChI is InChI=1S/C14H15O3P/c1-11-7-5-6-10-13(11)14(18(15,16)17)12-8-3-2-4-9-12/h2-10,14H,1H3,(H2,15,16,17)/p-2. The Balaban J connectivity index is 2.59. The van der Waals surface area contributed by atoms with E-state index in [1.165, 1.54) is 0 Å². The summed E-state index contributed by atoms with van der Waals surface area (Å²) in [5.41, 5.74) is 0.760. The lowest BCUT2D eigenvalue weighted by Crippen LogP contribution is -2.22. The summed E-state index contributed by atoms with van der Waals surface area (Å²) in [5, 5.41) is 0. The van der Waals surface area contributed by atoms with Gasteiger partial charge in [-0.05, 0) is 23.6 Å². The summed E-state index contributed by atoms with van der Waals surface area (Å²) in [6.45, 7) is 1.81. The van der Waals surface area contributed by atoms with E-state index in [0.29, 0.717) is 11.1 Å². The van der Waals surface area contributed by atoms with Crippen molar-refractivity contribution in [1.29, 1.82) is 0 Å². The first kappa shape index (κ1) is 13.0. The SMILES string of the molecule is Cc1ccccc1C(c1ccccc1)P(=O)([O-])[O-]. The molecule has 2 rings (SSSR count). The second-order valence-corrected chi connectivity index (χ2v) is 5.81. The lowest BCUT2D eigenvalue weighted by Gasteiger charge is -2.39. The Kier molecular flexibility index (Phi) is 3.67. The van der Waals surface area contributed by atoms with E-state index in [0.717, 1.165) is 5.56 Å². The molecule has 0 radical (unpaired) electrons. The molecule has 0 amide bonds. The molecule has 1 unspecified atom stereocenters. The van der Waals surface area contributed by atoms with E-state index in [2.05, 4.69) is 0 Å². The fraction of sp³-hybridized carbons (Fsp3) is 0.143. The third-order valence-electron chi connectivity index (χ3n) is 2.91. The van der Waals surface area contributed by atoms with Crippen molar-refractivity contribution < 1.29 is 14.4 Å². The van der Waals surface area contributed by atoms with Crippen molar-refractivity contribution in [2.75, 3.05) is 0 Å². The van der Waals surface area contributed by atoms with Gasteiger partial charge in [-0.15, -0.1) is 0 Å². The van der Waals surface area contributed by atoms with E-state index in [4.69, 9.17) is 0 Å². The minimum Gasteiger partial charge on any atom is -0.810 e. The molecule has 0 saturated carbocycles. The van der Waals surface area contributed by atoms with Gasteiger partial charge in [-0.25, -0.2) is 0 Å². The molecule has 0 spiro atoms. The monoisotopic (exact) mass is 260 g/mol. The Hall–Kier alpha value is -1.41. The van der Waals surface area contributed by atoms with Crippen LogP contribution < -0.4 is 9.79 Å². The van der Waals surface area contributed by atoms with Gasteiger partial charge < -0.3 is 14.4 Å². The third-order valence-corrected chi connectivity index (χ3v) is 4.12. The smallest absolute Gasteiger partial charge is 0.0369 e. The summed E-state index contributed by atoms with van der Waals surface area (Å²) in [7, 11) is -4.75. The molecule has 0 aliphatic rings. The van der Waals surface area contributed by atoms with Crippen molar-refractivity contribution in [3.8, 4) is 0 Å². The quantitative estimate of drug-likeness (QED) is 0.793. The summed E-state index contributed by atoms with van der Waals surface area (Å²) in [6, 6.07) is 15.6. The summed E-state index contributed by atoms with van der Waals surface area (Å²) in [4.78, 5) is 23.1. The molecule has 2 aromatic rings. The average Bonchev–Trinajstić information content (AvgIpc) is 2.32. The Bertz CT molecular complexity index is 575. The zero-order valence-electron chi connectivity index (χ0n) is 9.95. The Morgan fingerprint density at radius 2 is 1.50 bits per heavy atom. The Labute approximate surface area is 106 Å². The topological polar surface area (TPSA) is 63.2 Å². The fourth-order valence-corrected chi connectivity index (χ4v) is 3.23. The van der Waals surface area contributed by atoms with Gasteiger partial charge in [0.1, 0.15) is 0 Å². The van der Waals surface area contributed by atoms with Gasteiger partial charge in [0.2, 0.25) is 0 Å².